The predicted molar refractivity (Wildman–Crippen MR) is 79.2 cm³/mol. The van der Waals surface area contributed by atoms with Gasteiger partial charge in [0.25, 0.3) is 0 Å². The van der Waals surface area contributed by atoms with Crippen LogP contribution in [0.3, 0.4) is 0 Å². The van der Waals surface area contributed by atoms with E-state index in [0.717, 1.165) is 5.56 Å². The molecule has 0 saturated carbocycles. The van der Waals surface area contributed by atoms with E-state index in [4.69, 9.17) is 4.74 Å². The Morgan fingerprint density at radius 3 is 2.48 bits per heavy atom. The summed E-state index contributed by atoms with van der Waals surface area (Å²) in [5.74, 6) is -1.14. The van der Waals surface area contributed by atoms with E-state index in [1.165, 1.54) is 7.11 Å². The molecule has 1 atom stereocenters. The fourth-order valence-electron chi connectivity index (χ4n) is 2.08. The minimum Gasteiger partial charge on any atom is -0.466 e. The molecule has 0 heterocycles. The monoisotopic (exact) mass is 286 g/mol. The molecular formula is C17H18O4. The highest BCUT2D eigenvalue weighted by molar-refractivity contribution is 5.83. The Labute approximate surface area is 124 Å². The highest BCUT2D eigenvalue weighted by atomic mass is 16.6. The molecule has 0 radical (unpaired) electrons. The lowest BCUT2D eigenvalue weighted by atomic mass is 10.1. The second-order valence-electron chi connectivity index (χ2n) is 4.79. The van der Waals surface area contributed by atoms with Crippen molar-refractivity contribution < 1.29 is 19.1 Å². The predicted octanol–water partition coefficient (Wildman–Crippen LogP) is 2.75. The molecule has 110 valence electrons. The molecule has 1 aliphatic rings. The van der Waals surface area contributed by atoms with Crippen LogP contribution in [0.5, 0.6) is 0 Å². The van der Waals surface area contributed by atoms with Crippen LogP contribution in [-0.2, 0) is 19.1 Å². The number of carbonyl (C=O) groups excluding carboxylic acids is 2. The summed E-state index contributed by atoms with van der Waals surface area (Å²) in [6.45, 7) is 0. The highest BCUT2D eigenvalue weighted by Crippen LogP contribution is 2.20. The lowest BCUT2D eigenvalue weighted by Crippen LogP contribution is -2.29. The van der Waals surface area contributed by atoms with Gasteiger partial charge in [-0.25, -0.2) is 4.79 Å². The van der Waals surface area contributed by atoms with Gasteiger partial charge in [-0.15, -0.1) is 0 Å². The Morgan fingerprint density at radius 1 is 1.19 bits per heavy atom. The lowest BCUT2D eigenvalue weighted by Gasteiger charge is -2.15. The molecule has 0 aromatic heterocycles. The van der Waals surface area contributed by atoms with Crippen molar-refractivity contribution in [3.05, 3.63) is 54.1 Å². The first-order valence-corrected chi connectivity index (χ1v) is 6.87. The average Bonchev–Trinajstić information content (AvgIpc) is 3.06. The normalized spacial score (nSPS) is 16.0. The lowest BCUT2D eigenvalue weighted by molar-refractivity contribution is -0.165. The third-order valence-electron chi connectivity index (χ3n) is 3.28. The second-order valence-corrected chi connectivity index (χ2v) is 4.79. The van der Waals surface area contributed by atoms with Crippen LogP contribution >= 0.6 is 0 Å². The molecule has 1 aromatic rings. The van der Waals surface area contributed by atoms with Crippen LogP contribution in [0, 0.1) is 5.92 Å². The minimum atomic E-state index is -1.01. The molecule has 0 spiro atoms. The maximum atomic E-state index is 12.0. The van der Waals surface area contributed by atoms with Crippen LogP contribution in [0.1, 0.15) is 18.4 Å². The maximum Gasteiger partial charge on any atom is 0.351 e. The van der Waals surface area contributed by atoms with Gasteiger partial charge >= 0.3 is 11.9 Å². The molecule has 4 heteroatoms. The van der Waals surface area contributed by atoms with Gasteiger partial charge in [0.1, 0.15) is 0 Å². The van der Waals surface area contributed by atoms with Gasteiger partial charge in [-0.1, -0.05) is 48.6 Å². The number of hydrogen-bond acceptors (Lipinski definition) is 4. The van der Waals surface area contributed by atoms with Crippen LogP contribution in [0.15, 0.2) is 48.6 Å². The van der Waals surface area contributed by atoms with Crippen molar-refractivity contribution in [3.8, 4) is 0 Å². The second kappa shape index (κ2) is 7.43. The molecule has 0 bridgehead atoms. The molecule has 1 aromatic carbocycles. The zero-order valence-corrected chi connectivity index (χ0v) is 11.9. The Hall–Kier alpha value is -2.36. The SMILES string of the molecule is COC(=O)[C@@H](/C=C/c1ccccc1)OC(=O)C1CC=CC1. The maximum absolute atomic E-state index is 12.0. The third-order valence-corrected chi connectivity index (χ3v) is 3.28. The summed E-state index contributed by atoms with van der Waals surface area (Å²) >= 11 is 0. The molecule has 2 rings (SSSR count). The van der Waals surface area contributed by atoms with E-state index in [2.05, 4.69) is 4.74 Å². The van der Waals surface area contributed by atoms with E-state index >= 15 is 0 Å². The van der Waals surface area contributed by atoms with Gasteiger partial charge in [0.05, 0.1) is 13.0 Å². The van der Waals surface area contributed by atoms with Crippen LogP contribution in [-0.4, -0.2) is 25.2 Å². The molecule has 21 heavy (non-hydrogen) atoms. The van der Waals surface area contributed by atoms with Crippen LogP contribution in [0.25, 0.3) is 6.08 Å². The van der Waals surface area contributed by atoms with E-state index < -0.39 is 12.1 Å². The smallest absolute Gasteiger partial charge is 0.351 e. The van der Waals surface area contributed by atoms with Crippen molar-refractivity contribution in [3.63, 3.8) is 0 Å². The van der Waals surface area contributed by atoms with E-state index in [9.17, 15) is 9.59 Å². The number of methoxy groups -OCH3 is 1. The number of hydrogen-bond donors (Lipinski definition) is 0. The Kier molecular flexibility index (Phi) is 5.32. The largest absolute Gasteiger partial charge is 0.466 e. The Morgan fingerprint density at radius 2 is 1.86 bits per heavy atom. The van der Waals surface area contributed by atoms with Crippen molar-refractivity contribution in [2.45, 2.75) is 18.9 Å². The van der Waals surface area contributed by atoms with E-state index in [1.807, 2.05) is 42.5 Å². The molecule has 1 aliphatic carbocycles. The summed E-state index contributed by atoms with van der Waals surface area (Å²) in [6.07, 6.45) is 7.48. The van der Waals surface area contributed by atoms with E-state index in [-0.39, 0.29) is 11.9 Å². The van der Waals surface area contributed by atoms with Crippen molar-refractivity contribution in [2.24, 2.45) is 5.92 Å². The number of ether oxygens (including phenoxy) is 2. The van der Waals surface area contributed by atoms with Crippen molar-refractivity contribution >= 4 is 18.0 Å². The highest BCUT2D eigenvalue weighted by Gasteiger charge is 2.26. The van der Waals surface area contributed by atoms with Gasteiger partial charge in [-0.2, -0.15) is 0 Å². The summed E-state index contributed by atoms with van der Waals surface area (Å²) in [5.41, 5.74) is 0.921. The summed E-state index contributed by atoms with van der Waals surface area (Å²) < 4.78 is 9.95. The van der Waals surface area contributed by atoms with Gasteiger partial charge in [0.2, 0.25) is 6.10 Å². The standard InChI is InChI=1S/C17H18O4/c1-20-17(19)15(12-11-13-7-3-2-4-8-13)21-16(18)14-9-5-6-10-14/h2-8,11-12,14-15H,9-10H2,1H3/b12-11+/t15-/m1/s1. The van der Waals surface area contributed by atoms with Gasteiger partial charge in [0.15, 0.2) is 0 Å². The molecule has 0 amide bonds. The molecule has 0 aliphatic heterocycles. The zero-order chi connectivity index (χ0) is 15.1. The first kappa shape index (κ1) is 15.0. The third kappa shape index (κ3) is 4.31. The summed E-state index contributed by atoms with van der Waals surface area (Å²) in [5, 5.41) is 0. The topological polar surface area (TPSA) is 52.6 Å². The van der Waals surface area contributed by atoms with Gasteiger partial charge < -0.3 is 9.47 Å². The Balaban J connectivity index is 2.02. The van der Waals surface area contributed by atoms with Crippen molar-refractivity contribution in [1.29, 1.82) is 0 Å². The Bertz CT molecular complexity index is 537. The molecule has 0 saturated heterocycles. The molecular weight excluding hydrogens is 268 g/mol. The molecule has 0 N–H and O–H groups in total. The minimum absolute atomic E-state index is 0.192. The molecule has 0 fully saturated rings. The van der Waals surface area contributed by atoms with Gasteiger partial charge in [0, 0.05) is 0 Å². The van der Waals surface area contributed by atoms with Crippen molar-refractivity contribution in [1.82, 2.24) is 0 Å². The van der Waals surface area contributed by atoms with E-state index in [0.29, 0.717) is 12.8 Å². The summed E-state index contributed by atoms with van der Waals surface area (Å²) in [4.78, 5) is 23.7. The molecule has 4 nitrogen and oxygen atoms in total. The van der Waals surface area contributed by atoms with Crippen LogP contribution in [0.4, 0.5) is 0 Å². The van der Waals surface area contributed by atoms with Crippen molar-refractivity contribution in [2.75, 3.05) is 7.11 Å². The number of benzene rings is 1. The van der Waals surface area contributed by atoms with Gasteiger partial charge in [-0.3, -0.25) is 4.79 Å². The fourth-order valence-corrected chi connectivity index (χ4v) is 2.08. The fraction of sp³-hybridized carbons (Fsp3) is 0.294. The van der Waals surface area contributed by atoms with Gasteiger partial charge in [-0.05, 0) is 24.5 Å². The first-order chi connectivity index (χ1) is 10.2. The number of carbonyl (C=O) groups is 2. The zero-order valence-electron chi connectivity index (χ0n) is 11.9. The number of allylic oxidation sites excluding steroid dienone is 2. The molecule has 0 unspecified atom stereocenters. The average molecular weight is 286 g/mol. The van der Waals surface area contributed by atoms with Crippen LogP contribution in [0.2, 0.25) is 0 Å². The van der Waals surface area contributed by atoms with Crippen LogP contribution < -0.4 is 0 Å². The summed E-state index contributed by atoms with van der Waals surface area (Å²) in [6, 6.07) is 9.48. The summed E-state index contributed by atoms with van der Waals surface area (Å²) in [7, 11) is 1.27. The number of rotatable bonds is 5. The number of esters is 2. The quantitative estimate of drug-likeness (QED) is 0.617. The van der Waals surface area contributed by atoms with E-state index in [1.54, 1.807) is 12.2 Å². The first-order valence-electron chi connectivity index (χ1n) is 6.87.